The van der Waals surface area contributed by atoms with Crippen LogP contribution in [0.25, 0.3) is 27.9 Å². The highest BCUT2D eigenvalue weighted by molar-refractivity contribution is 6.06. The molecule has 0 N–H and O–H groups in total. The molecule has 1 saturated heterocycles. The first-order chi connectivity index (χ1) is 16.7. The van der Waals surface area contributed by atoms with Crippen LogP contribution in [-0.2, 0) is 6.54 Å². The lowest BCUT2D eigenvalue weighted by Crippen LogP contribution is -2.39. The third kappa shape index (κ3) is 3.42. The summed E-state index contributed by atoms with van der Waals surface area (Å²) in [5, 5.41) is 14.0. The van der Waals surface area contributed by atoms with Crippen LogP contribution in [0.1, 0.15) is 41.9 Å². The second-order valence-corrected chi connectivity index (χ2v) is 8.70. The predicted molar refractivity (Wildman–Crippen MR) is 130 cm³/mol. The molecule has 1 amide bonds. The number of amides is 1. The second-order valence-electron chi connectivity index (χ2n) is 8.70. The number of pyridine rings is 2. The van der Waals surface area contributed by atoms with Gasteiger partial charge in [0.15, 0.2) is 11.3 Å². The van der Waals surface area contributed by atoms with Crippen molar-refractivity contribution in [3.8, 4) is 11.3 Å². The molecule has 1 atom stereocenters. The van der Waals surface area contributed by atoms with E-state index in [1.807, 2.05) is 81.7 Å². The van der Waals surface area contributed by atoms with E-state index in [9.17, 15) is 4.79 Å². The average molecular weight is 452 g/mol. The quantitative estimate of drug-likeness (QED) is 0.409. The van der Waals surface area contributed by atoms with E-state index in [1.165, 1.54) is 0 Å². The molecule has 1 unspecified atom stereocenters. The fourth-order valence-corrected chi connectivity index (χ4v) is 4.89. The van der Waals surface area contributed by atoms with Crippen LogP contribution in [0.2, 0.25) is 0 Å². The van der Waals surface area contributed by atoms with Crippen LogP contribution in [0.5, 0.6) is 0 Å². The van der Waals surface area contributed by atoms with Crippen molar-refractivity contribution in [2.75, 3.05) is 13.1 Å². The van der Waals surface area contributed by atoms with Crippen molar-refractivity contribution in [3.63, 3.8) is 0 Å². The van der Waals surface area contributed by atoms with Crippen molar-refractivity contribution in [2.24, 2.45) is 0 Å². The van der Waals surface area contributed by atoms with Crippen LogP contribution in [-0.4, -0.2) is 53.3 Å². The first-order valence-electron chi connectivity index (χ1n) is 11.7. The molecule has 8 heteroatoms. The molecule has 0 spiro atoms. The number of aromatic nitrogens is 6. The summed E-state index contributed by atoms with van der Waals surface area (Å²) in [6, 6.07) is 17.8. The largest absolute Gasteiger partial charge is 0.338 e. The molecule has 8 nitrogen and oxygen atoms in total. The number of piperidine rings is 1. The Balaban J connectivity index is 1.38. The van der Waals surface area contributed by atoms with Gasteiger partial charge in [-0.05, 0) is 38.0 Å². The lowest BCUT2D eigenvalue weighted by atomic mass is 9.96. The monoisotopic (exact) mass is 451 g/mol. The van der Waals surface area contributed by atoms with Gasteiger partial charge in [0.05, 0.1) is 22.8 Å². The Kier molecular flexibility index (Phi) is 5.05. The van der Waals surface area contributed by atoms with E-state index in [2.05, 4.69) is 15.3 Å². The number of hydrogen-bond acceptors (Lipinski definition) is 5. The highest BCUT2D eigenvalue weighted by atomic mass is 16.2. The van der Waals surface area contributed by atoms with Gasteiger partial charge in [-0.2, -0.15) is 5.10 Å². The number of carbonyl (C=O) groups is 1. The van der Waals surface area contributed by atoms with Gasteiger partial charge in [-0.3, -0.25) is 9.20 Å². The molecule has 1 fully saturated rings. The van der Waals surface area contributed by atoms with Crippen molar-refractivity contribution in [2.45, 2.75) is 32.2 Å². The maximum atomic E-state index is 13.9. The summed E-state index contributed by atoms with van der Waals surface area (Å²) in [5.74, 6) is 1.06. The highest BCUT2D eigenvalue weighted by Gasteiger charge is 2.30. The first kappa shape index (κ1) is 20.5. The summed E-state index contributed by atoms with van der Waals surface area (Å²) in [4.78, 5) is 20.7. The van der Waals surface area contributed by atoms with Crippen LogP contribution in [0, 0.1) is 0 Å². The Hall–Kier alpha value is -4.07. The van der Waals surface area contributed by atoms with Gasteiger partial charge in [0.1, 0.15) is 5.82 Å². The number of likely N-dealkylation sites (tertiary alicyclic amines) is 1. The zero-order chi connectivity index (χ0) is 23.1. The number of fused-ring (bicyclic) bond motifs is 2. The maximum absolute atomic E-state index is 13.9. The standard InChI is InChI=1S/C26H25N7O/c1-2-33-25-21(16-27-33)20(15-22(28-25)18-9-4-3-5-10-18)26(34)31-13-8-11-19(17-31)24-30-29-23-12-6-7-14-32(23)24/h3-7,9-10,12,14-16,19H,2,8,11,13,17H2,1H3. The number of nitrogens with zero attached hydrogens (tertiary/aromatic N) is 7. The van der Waals surface area contributed by atoms with E-state index in [0.29, 0.717) is 18.7 Å². The van der Waals surface area contributed by atoms with Crippen molar-refractivity contribution in [3.05, 3.63) is 78.4 Å². The minimum Gasteiger partial charge on any atom is -0.338 e. The minimum atomic E-state index is 0.0127. The lowest BCUT2D eigenvalue weighted by molar-refractivity contribution is 0.0706. The predicted octanol–water partition coefficient (Wildman–Crippen LogP) is 4.18. The van der Waals surface area contributed by atoms with E-state index in [4.69, 9.17) is 4.98 Å². The van der Waals surface area contributed by atoms with Gasteiger partial charge in [0, 0.05) is 37.3 Å². The highest BCUT2D eigenvalue weighted by Crippen LogP contribution is 2.30. The maximum Gasteiger partial charge on any atom is 0.254 e. The fourth-order valence-electron chi connectivity index (χ4n) is 4.89. The molecule has 0 aliphatic carbocycles. The molecule has 170 valence electrons. The summed E-state index contributed by atoms with van der Waals surface area (Å²) in [7, 11) is 0. The van der Waals surface area contributed by atoms with Crippen LogP contribution in [0.3, 0.4) is 0 Å². The third-order valence-electron chi connectivity index (χ3n) is 6.62. The molecule has 4 aromatic heterocycles. The average Bonchev–Trinajstić information content (AvgIpc) is 3.52. The first-order valence-corrected chi connectivity index (χ1v) is 11.7. The Morgan fingerprint density at radius 3 is 2.79 bits per heavy atom. The summed E-state index contributed by atoms with van der Waals surface area (Å²) in [6.07, 6.45) is 5.66. The molecule has 5 heterocycles. The summed E-state index contributed by atoms with van der Waals surface area (Å²) >= 11 is 0. The SMILES string of the molecule is CCn1ncc2c(C(=O)N3CCCC(c4nnc5ccccn45)C3)cc(-c3ccccc3)nc21. The Bertz CT molecular complexity index is 1490. The number of aryl methyl sites for hydroxylation is 1. The van der Waals surface area contributed by atoms with Crippen LogP contribution >= 0.6 is 0 Å². The molecule has 0 saturated carbocycles. The van der Waals surface area contributed by atoms with E-state index < -0.39 is 0 Å². The minimum absolute atomic E-state index is 0.0127. The van der Waals surface area contributed by atoms with Crippen molar-refractivity contribution in [1.29, 1.82) is 0 Å². The van der Waals surface area contributed by atoms with Gasteiger partial charge >= 0.3 is 0 Å². The van der Waals surface area contributed by atoms with Crippen LogP contribution in [0.4, 0.5) is 0 Å². The van der Waals surface area contributed by atoms with Crippen molar-refractivity contribution < 1.29 is 4.79 Å². The fraction of sp³-hybridized carbons (Fsp3) is 0.269. The summed E-state index contributed by atoms with van der Waals surface area (Å²) < 4.78 is 3.88. The molecule has 0 radical (unpaired) electrons. The van der Waals surface area contributed by atoms with Gasteiger partial charge in [-0.25, -0.2) is 9.67 Å². The topological polar surface area (TPSA) is 81.2 Å². The molecule has 34 heavy (non-hydrogen) atoms. The Labute approximate surface area is 196 Å². The number of carbonyl (C=O) groups excluding carboxylic acids is 1. The Morgan fingerprint density at radius 2 is 1.94 bits per heavy atom. The Morgan fingerprint density at radius 1 is 1.09 bits per heavy atom. The molecule has 1 aromatic carbocycles. The third-order valence-corrected chi connectivity index (χ3v) is 6.62. The van der Waals surface area contributed by atoms with Crippen molar-refractivity contribution >= 4 is 22.6 Å². The molecule has 5 aromatic rings. The number of rotatable bonds is 4. The van der Waals surface area contributed by atoms with E-state index in [0.717, 1.165) is 53.1 Å². The molecule has 1 aliphatic rings. The number of benzene rings is 1. The number of hydrogen-bond donors (Lipinski definition) is 0. The van der Waals surface area contributed by atoms with Gasteiger partial charge < -0.3 is 4.90 Å². The normalized spacial score (nSPS) is 16.4. The zero-order valence-corrected chi connectivity index (χ0v) is 19.0. The van der Waals surface area contributed by atoms with E-state index in [1.54, 1.807) is 6.20 Å². The zero-order valence-electron chi connectivity index (χ0n) is 19.0. The van der Waals surface area contributed by atoms with Crippen molar-refractivity contribution in [1.82, 2.24) is 34.3 Å². The molecule has 6 rings (SSSR count). The van der Waals surface area contributed by atoms with Crippen LogP contribution in [0.15, 0.2) is 67.0 Å². The lowest BCUT2D eigenvalue weighted by Gasteiger charge is -2.32. The van der Waals surface area contributed by atoms with Gasteiger partial charge in [0.2, 0.25) is 0 Å². The van der Waals surface area contributed by atoms with E-state index >= 15 is 0 Å². The smallest absolute Gasteiger partial charge is 0.254 e. The van der Waals surface area contributed by atoms with E-state index in [-0.39, 0.29) is 11.8 Å². The second kappa shape index (κ2) is 8.37. The molecular weight excluding hydrogens is 426 g/mol. The summed E-state index contributed by atoms with van der Waals surface area (Å²) in [5.41, 5.74) is 3.98. The van der Waals surface area contributed by atoms with Gasteiger partial charge in [-0.1, -0.05) is 36.4 Å². The van der Waals surface area contributed by atoms with Crippen LogP contribution < -0.4 is 0 Å². The molecule has 1 aliphatic heterocycles. The van der Waals surface area contributed by atoms with Gasteiger partial charge in [-0.15, -0.1) is 10.2 Å². The van der Waals surface area contributed by atoms with Gasteiger partial charge in [0.25, 0.3) is 5.91 Å². The molecular formula is C26H25N7O. The summed E-state index contributed by atoms with van der Waals surface area (Å²) in [6.45, 7) is 4.05. The molecule has 0 bridgehead atoms.